The summed E-state index contributed by atoms with van der Waals surface area (Å²) in [4.78, 5) is 11.5. The minimum atomic E-state index is -0.510. The van der Waals surface area contributed by atoms with Crippen molar-refractivity contribution in [1.29, 1.82) is 0 Å². The lowest BCUT2D eigenvalue weighted by molar-refractivity contribution is 0.576. The summed E-state index contributed by atoms with van der Waals surface area (Å²) in [5.74, 6) is -0.510. The molecule has 0 radical (unpaired) electrons. The van der Waals surface area contributed by atoms with E-state index in [9.17, 15) is 4.39 Å². The van der Waals surface area contributed by atoms with E-state index in [0.29, 0.717) is 10.2 Å². The lowest BCUT2D eigenvalue weighted by Crippen LogP contribution is -2.12. The van der Waals surface area contributed by atoms with E-state index in [0.717, 1.165) is 22.2 Å². The fourth-order valence-corrected chi connectivity index (χ4v) is 2.79. The molecule has 21 heavy (non-hydrogen) atoms. The third-order valence-electron chi connectivity index (χ3n) is 3.41. The number of fused-ring (bicyclic) bond motifs is 1. The summed E-state index contributed by atoms with van der Waals surface area (Å²) in [5, 5.41) is 1.10. The van der Waals surface area contributed by atoms with Crippen LogP contribution in [0.1, 0.15) is 26.3 Å². The smallest absolute Gasteiger partial charge is 0.227 e. The second-order valence-corrected chi connectivity index (χ2v) is 6.87. The quantitative estimate of drug-likeness (QED) is 0.641. The van der Waals surface area contributed by atoms with Crippen LogP contribution >= 0.6 is 15.9 Å². The van der Waals surface area contributed by atoms with Gasteiger partial charge in [-0.25, -0.2) is 4.98 Å². The zero-order valence-corrected chi connectivity index (χ0v) is 13.6. The molecule has 108 valence electrons. The summed E-state index contributed by atoms with van der Waals surface area (Å²) in [6.45, 7) is 6.40. The largest absolute Gasteiger partial charge is 0.352 e. The van der Waals surface area contributed by atoms with Gasteiger partial charge in [0, 0.05) is 11.6 Å². The second-order valence-electron chi connectivity index (χ2n) is 6.02. The molecule has 0 aliphatic rings. The van der Waals surface area contributed by atoms with E-state index in [2.05, 4.69) is 51.7 Å². The van der Waals surface area contributed by atoms with Crippen molar-refractivity contribution in [3.63, 3.8) is 0 Å². The topological polar surface area (TPSA) is 41.6 Å². The van der Waals surface area contributed by atoms with Crippen LogP contribution in [0.2, 0.25) is 0 Å². The Hall–Kier alpha value is -1.75. The zero-order valence-electron chi connectivity index (χ0n) is 12.0. The Morgan fingerprint density at radius 1 is 1.19 bits per heavy atom. The number of nitrogens with one attached hydrogen (secondary N) is 1. The Balaban J connectivity index is 2.33. The number of aromatic amines is 1. The summed E-state index contributed by atoms with van der Waals surface area (Å²) < 4.78 is 14.1. The molecular weight excluding hydrogens is 333 g/mol. The van der Waals surface area contributed by atoms with E-state index < -0.39 is 5.95 Å². The molecule has 3 nitrogen and oxygen atoms in total. The van der Waals surface area contributed by atoms with Crippen LogP contribution in [0.4, 0.5) is 4.39 Å². The fraction of sp³-hybridized carbons (Fsp3) is 0.250. The molecule has 0 aromatic carbocycles. The molecule has 0 aliphatic heterocycles. The first kappa shape index (κ1) is 14.2. The Morgan fingerprint density at radius 3 is 2.62 bits per heavy atom. The first-order valence-electron chi connectivity index (χ1n) is 6.66. The predicted octanol–water partition coefficient (Wildman–Crippen LogP) is 4.82. The predicted molar refractivity (Wildman–Crippen MR) is 85.7 cm³/mol. The minimum absolute atomic E-state index is 0.0971. The number of aromatic nitrogens is 3. The van der Waals surface area contributed by atoms with Gasteiger partial charge in [0.25, 0.3) is 0 Å². The van der Waals surface area contributed by atoms with Crippen molar-refractivity contribution in [2.24, 2.45) is 0 Å². The summed E-state index contributed by atoms with van der Waals surface area (Å²) in [6, 6.07) is 5.46. The van der Waals surface area contributed by atoms with Gasteiger partial charge in [-0.3, -0.25) is 4.98 Å². The Kier molecular flexibility index (Phi) is 3.32. The lowest BCUT2D eigenvalue weighted by Gasteiger charge is -2.20. The van der Waals surface area contributed by atoms with Crippen molar-refractivity contribution >= 4 is 26.8 Å². The van der Waals surface area contributed by atoms with Gasteiger partial charge in [-0.1, -0.05) is 20.8 Å². The van der Waals surface area contributed by atoms with Crippen molar-refractivity contribution in [3.8, 4) is 11.4 Å². The molecule has 0 amide bonds. The van der Waals surface area contributed by atoms with Crippen LogP contribution in [0, 0.1) is 5.95 Å². The Morgan fingerprint density at radius 2 is 1.95 bits per heavy atom. The average molecular weight is 348 g/mol. The van der Waals surface area contributed by atoms with Gasteiger partial charge in [-0.15, -0.1) is 0 Å². The average Bonchev–Trinajstić information content (AvgIpc) is 2.81. The summed E-state index contributed by atoms with van der Waals surface area (Å²) in [7, 11) is 0. The molecule has 0 bridgehead atoms. The molecule has 3 aromatic rings. The van der Waals surface area contributed by atoms with Gasteiger partial charge in [-0.2, -0.15) is 4.39 Å². The van der Waals surface area contributed by atoms with Gasteiger partial charge in [-0.05, 0) is 45.1 Å². The molecule has 0 saturated carbocycles. The number of hydrogen-bond acceptors (Lipinski definition) is 2. The zero-order chi connectivity index (χ0) is 15.2. The minimum Gasteiger partial charge on any atom is -0.352 e. The van der Waals surface area contributed by atoms with Gasteiger partial charge in [0.15, 0.2) is 0 Å². The number of H-pyrrole nitrogens is 1. The highest BCUT2D eigenvalue weighted by Crippen LogP contribution is 2.37. The van der Waals surface area contributed by atoms with Gasteiger partial charge >= 0.3 is 0 Å². The van der Waals surface area contributed by atoms with E-state index in [-0.39, 0.29) is 5.41 Å². The van der Waals surface area contributed by atoms with Crippen molar-refractivity contribution in [2.75, 3.05) is 0 Å². The van der Waals surface area contributed by atoms with Crippen LogP contribution in [0.15, 0.2) is 35.1 Å². The molecule has 0 spiro atoms. The van der Waals surface area contributed by atoms with Gasteiger partial charge in [0.2, 0.25) is 5.95 Å². The second kappa shape index (κ2) is 4.91. The Labute approximate surface area is 130 Å². The van der Waals surface area contributed by atoms with Crippen molar-refractivity contribution in [2.45, 2.75) is 26.2 Å². The van der Waals surface area contributed by atoms with Crippen LogP contribution in [-0.4, -0.2) is 15.0 Å². The Bertz CT molecular complexity index is 818. The molecule has 3 rings (SSSR count). The van der Waals surface area contributed by atoms with Crippen molar-refractivity contribution in [3.05, 3.63) is 46.6 Å². The van der Waals surface area contributed by atoms with E-state index in [4.69, 9.17) is 0 Å². The third kappa shape index (κ3) is 2.46. The standard InChI is InChI=1S/C16H15BrFN3/c1-16(2,3)13-9-6-7-19-8-12(9)20-14(13)11-5-4-10(17)15(18)21-11/h4-8,20H,1-3H3. The van der Waals surface area contributed by atoms with Crippen LogP contribution in [0.5, 0.6) is 0 Å². The van der Waals surface area contributed by atoms with Crippen molar-refractivity contribution in [1.82, 2.24) is 15.0 Å². The molecule has 3 heterocycles. The number of pyridine rings is 2. The van der Waals surface area contributed by atoms with Crippen LogP contribution in [-0.2, 0) is 5.41 Å². The highest BCUT2D eigenvalue weighted by Gasteiger charge is 2.25. The summed E-state index contributed by atoms with van der Waals surface area (Å²) in [5.41, 5.74) is 3.39. The highest BCUT2D eigenvalue weighted by molar-refractivity contribution is 9.10. The van der Waals surface area contributed by atoms with E-state index in [1.165, 1.54) is 0 Å². The van der Waals surface area contributed by atoms with E-state index >= 15 is 0 Å². The molecule has 1 N–H and O–H groups in total. The number of nitrogens with zero attached hydrogens (tertiary/aromatic N) is 2. The van der Waals surface area contributed by atoms with E-state index in [1.54, 1.807) is 24.5 Å². The maximum absolute atomic E-state index is 13.8. The molecule has 0 saturated heterocycles. The third-order valence-corrected chi connectivity index (χ3v) is 4.00. The highest BCUT2D eigenvalue weighted by atomic mass is 79.9. The molecule has 3 aromatic heterocycles. The maximum atomic E-state index is 13.8. The fourth-order valence-electron chi connectivity index (χ4n) is 2.57. The molecule has 0 aliphatic carbocycles. The maximum Gasteiger partial charge on any atom is 0.227 e. The summed E-state index contributed by atoms with van der Waals surface area (Å²) >= 11 is 3.14. The monoisotopic (exact) mass is 347 g/mol. The first-order chi connectivity index (χ1) is 9.88. The molecule has 0 unspecified atom stereocenters. The van der Waals surface area contributed by atoms with Crippen LogP contribution in [0.25, 0.3) is 22.3 Å². The first-order valence-corrected chi connectivity index (χ1v) is 7.46. The number of rotatable bonds is 1. The number of halogens is 2. The van der Waals surface area contributed by atoms with Gasteiger partial charge in [0.05, 0.1) is 27.6 Å². The van der Waals surface area contributed by atoms with Gasteiger partial charge < -0.3 is 4.98 Å². The van der Waals surface area contributed by atoms with Crippen LogP contribution < -0.4 is 0 Å². The number of hydrogen-bond donors (Lipinski definition) is 1. The lowest BCUT2D eigenvalue weighted by atomic mass is 9.84. The normalized spacial score (nSPS) is 12.0. The molecule has 0 fully saturated rings. The van der Waals surface area contributed by atoms with Crippen molar-refractivity contribution < 1.29 is 4.39 Å². The molecule has 5 heteroatoms. The molecule has 0 atom stereocenters. The van der Waals surface area contributed by atoms with E-state index in [1.807, 2.05) is 6.07 Å². The van der Waals surface area contributed by atoms with Gasteiger partial charge in [0.1, 0.15) is 0 Å². The molecular formula is C16H15BrFN3. The summed E-state index contributed by atoms with van der Waals surface area (Å²) in [6.07, 6.45) is 3.55. The SMILES string of the molecule is CC(C)(C)c1c(-c2ccc(Br)c(F)n2)[nH]c2cnccc12. The van der Waals surface area contributed by atoms with Crippen LogP contribution in [0.3, 0.4) is 0 Å².